The predicted octanol–water partition coefficient (Wildman–Crippen LogP) is 1.76. The predicted molar refractivity (Wildman–Crippen MR) is 91.0 cm³/mol. The third-order valence-electron chi connectivity index (χ3n) is 4.31. The molecule has 1 aliphatic heterocycles. The van der Waals surface area contributed by atoms with Crippen LogP contribution in [0.15, 0.2) is 35.3 Å². The van der Waals surface area contributed by atoms with E-state index in [1.165, 1.54) is 19.4 Å². The van der Waals surface area contributed by atoms with E-state index in [-0.39, 0.29) is 6.10 Å². The van der Waals surface area contributed by atoms with Crippen LogP contribution in [-0.2, 0) is 4.74 Å². The molecule has 0 saturated carbocycles. The van der Waals surface area contributed by atoms with Crippen molar-refractivity contribution in [2.75, 3.05) is 33.3 Å². The van der Waals surface area contributed by atoms with Crippen LogP contribution in [0, 0.1) is 0 Å². The Morgan fingerprint density at radius 1 is 1.45 bits per heavy atom. The summed E-state index contributed by atoms with van der Waals surface area (Å²) in [7, 11) is 1.70. The third kappa shape index (κ3) is 4.71. The van der Waals surface area contributed by atoms with Crippen LogP contribution in [0.25, 0.3) is 0 Å². The maximum Gasteiger partial charge on any atom is 0.188 e. The number of hydrogen-bond acceptors (Lipinski definition) is 3. The molecule has 3 N–H and O–H groups in total. The minimum Gasteiger partial charge on any atom is -0.375 e. The molecule has 1 aromatic carbocycles. The van der Waals surface area contributed by atoms with Crippen molar-refractivity contribution < 1.29 is 4.74 Å². The van der Waals surface area contributed by atoms with Crippen molar-refractivity contribution in [2.45, 2.75) is 31.9 Å². The highest BCUT2D eigenvalue weighted by molar-refractivity contribution is 5.77. The van der Waals surface area contributed by atoms with Crippen LogP contribution >= 0.6 is 0 Å². The molecule has 0 bridgehead atoms. The van der Waals surface area contributed by atoms with Gasteiger partial charge in [0.1, 0.15) is 6.10 Å². The van der Waals surface area contributed by atoms with Crippen LogP contribution in [0.1, 0.15) is 31.4 Å². The van der Waals surface area contributed by atoms with Gasteiger partial charge in [0.2, 0.25) is 0 Å². The molecule has 0 spiro atoms. The molecule has 0 aromatic heterocycles. The van der Waals surface area contributed by atoms with Gasteiger partial charge < -0.3 is 15.8 Å². The van der Waals surface area contributed by atoms with Gasteiger partial charge in [-0.2, -0.15) is 0 Å². The fraction of sp³-hybridized carbons (Fsp3) is 0.588. The molecule has 0 amide bonds. The molecule has 2 unspecified atom stereocenters. The van der Waals surface area contributed by atoms with Crippen molar-refractivity contribution in [3.05, 3.63) is 35.9 Å². The standard InChI is InChI=1S/C17H28N4O/c1-3-21-11-7-10-15(21)12-19-17(18)20-13-16(22-2)14-8-5-4-6-9-14/h4-6,8-9,15-16H,3,7,10-13H2,1-2H3,(H3,18,19,20). The Bertz CT molecular complexity index is 463. The Kier molecular flexibility index (Phi) is 6.68. The molecule has 5 nitrogen and oxygen atoms in total. The van der Waals surface area contributed by atoms with Gasteiger partial charge in [0.05, 0.1) is 6.54 Å². The van der Waals surface area contributed by atoms with Crippen molar-refractivity contribution in [1.82, 2.24) is 10.2 Å². The van der Waals surface area contributed by atoms with E-state index in [9.17, 15) is 0 Å². The Hall–Kier alpha value is -1.59. The summed E-state index contributed by atoms with van der Waals surface area (Å²) in [5.41, 5.74) is 7.10. The lowest BCUT2D eigenvalue weighted by Gasteiger charge is -2.23. The van der Waals surface area contributed by atoms with Gasteiger partial charge in [0.15, 0.2) is 5.96 Å². The number of guanidine groups is 1. The Balaban J connectivity index is 1.81. The van der Waals surface area contributed by atoms with Gasteiger partial charge >= 0.3 is 0 Å². The molecule has 22 heavy (non-hydrogen) atoms. The first-order valence-corrected chi connectivity index (χ1v) is 8.10. The van der Waals surface area contributed by atoms with E-state index in [1.54, 1.807) is 7.11 Å². The molecule has 2 rings (SSSR count). The van der Waals surface area contributed by atoms with Crippen LogP contribution in [0.3, 0.4) is 0 Å². The number of nitrogens with two attached hydrogens (primary N) is 1. The summed E-state index contributed by atoms with van der Waals surface area (Å²) in [6.45, 7) is 5.90. The Morgan fingerprint density at radius 3 is 2.91 bits per heavy atom. The molecular weight excluding hydrogens is 276 g/mol. The molecule has 1 aromatic rings. The van der Waals surface area contributed by atoms with Gasteiger partial charge in [-0.15, -0.1) is 0 Å². The van der Waals surface area contributed by atoms with Crippen molar-refractivity contribution in [3.63, 3.8) is 0 Å². The molecule has 5 heteroatoms. The average Bonchev–Trinajstić information content (AvgIpc) is 3.02. The number of likely N-dealkylation sites (N-methyl/N-ethyl adjacent to an activating group) is 1. The van der Waals surface area contributed by atoms with Crippen LogP contribution < -0.4 is 11.1 Å². The molecule has 1 fully saturated rings. The SMILES string of the molecule is CCN1CCCC1CNC(N)=NCC(OC)c1ccccc1. The largest absolute Gasteiger partial charge is 0.375 e. The first kappa shape index (κ1) is 16.8. The molecule has 0 radical (unpaired) electrons. The lowest BCUT2D eigenvalue weighted by molar-refractivity contribution is 0.111. The highest BCUT2D eigenvalue weighted by atomic mass is 16.5. The zero-order chi connectivity index (χ0) is 15.8. The molecule has 1 aliphatic rings. The van der Waals surface area contributed by atoms with E-state index in [4.69, 9.17) is 10.5 Å². The monoisotopic (exact) mass is 304 g/mol. The van der Waals surface area contributed by atoms with Gasteiger partial charge in [-0.25, -0.2) is 0 Å². The number of hydrogen-bond donors (Lipinski definition) is 2. The smallest absolute Gasteiger partial charge is 0.188 e. The second kappa shape index (κ2) is 8.76. The minimum absolute atomic E-state index is 0.0554. The number of nitrogens with zero attached hydrogens (tertiary/aromatic N) is 2. The van der Waals surface area contributed by atoms with Crippen molar-refractivity contribution in [2.24, 2.45) is 10.7 Å². The van der Waals surface area contributed by atoms with E-state index in [1.807, 2.05) is 30.3 Å². The lowest BCUT2D eigenvalue weighted by Crippen LogP contribution is -2.42. The summed E-state index contributed by atoms with van der Waals surface area (Å²) in [4.78, 5) is 6.91. The summed E-state index contributed by atoms with van der Waals surface area (Å²) in [5.74, 6) is 0.501. The fourth-order valence-electron chi connectivity index (χ4n) is 2.99. The minimum atomic E-state index is -0.0554. The van der Waals surface area contributed by atoms with E-state index in [2.05, 4.69) is 22.1 Å². The quantitative estimate of drug-likeness (QED) is 0.595. The number of rotatable bonds is 7. The highest BCUT2D eigenvalue weighted by Gasteiger charge is 2.22. The number of methoxy groups -OCH3 is 1. The Morgan fingerprint density at radius 2 is 2.23 bits per heavy atom. The summed E-state index contributed by atoms with van der Waals surface area (Å²) < 4.78 is 5.50. The zero-order valence-corrected chi connectivity index (χ0v) is 13.7. The maximum atomic E-state index is 5.98. The number of ether oxygens (including phenoxy) is 1. The summed E-state index contributed by atoms with van der Waals surface area (Å²) in [6, 6.07) is 10.7. The van der Waals surface area contributed by atoms with Gasteiger partial charge in [0.25, 0.3) is 0 Å². The highest BCUT2D eigenvalue weighted by Crippen LogP contribution is 2.17. The summed E-state index contributed by atoms with van der Waals surface area (Å²) in [6.07, 6.45) is 2.45. The van der Waals surface area contributed by atoms with Crippen molar-refractivity contribution in [3.8, 4) is 0 Å². The average molecular weight is 304 g/mol. The molecule has 2 atom stereocenters. The molecule has 1 heterocycles. The first-order chi connectivity index (χ1) is 10.7. The topological polar surface area (TPSA) is 62.9 Å². The van der Waals surface area contributed by atoms with Crippen molar-refractivity contribution in [1.29, 1.82) is 0 Å². The van der Waals surface area contributed by atoms with Crippen molar-refractivity contribution >= 4 is 5.96 Å². The van der Waals surface area contributed by atoms with Crippen LogP contribution in [0.2, 0.25) is 0 Å². The Labute approximate surface area is 133 Å². The van der Waals surface area contributed by atoms with Crippen LogP contribution in [0.5, 0.6) is 0 Å². The van der Waals surface area contributed by atoms with Crippen LogP contribution in [0.4, 0.5) is 0 Å². The number of aliphatic imine (C=N–C) groups is 1. The maximum absolute atomic E-state index is 5.98. The summed E-state index contributed by atoms with van der Waals surface area (Å²) >= 11 is 0. The van der Waals surface area contributed by atoms with E-state index < -0.39 is 0 Å². The third-order valence-corrected chi connectivity index (χ3v) is 4.31. The normalized spacial score (nSPS) is 21.0. The zero-order valence-electron chi connectivity index (χ0n) is 13.7. The van der Waals surface area contributed by atoms with E-state index in [0.717, 1.165) is 18.7 Å². The number of nitrogens with one attached hydrogen (secondary N) is 1. The van der Waals surface area contributed by atoms with E-state index in [0.29, 0.717) is 18.5 Å². The second-order valence-corrected chi connectivity index (χ2v) is 5.67. The molecule has 122 valence electrons. The van der Waals surface area contributed by atoms with Crippen LogP contribution in [-0.4, -0.2) is 50.2 Å². The first-order valence-electron chi connectivity index (χ1n) is 8.10. The molecule has 1 saturated heterocycles. The molecular formula is C17H28N4O. The molecule has 0 aliphatic carbocycles. The van der Waals surface area contributed by atoms with E-state index >= 15 is 0 Å². The van der Waals surface area contributed by atoms with Gasteiger partial charge in [-0.1, -0.05) is 37.3 Å². The lowest BCUT2D eigenvalue weighted by atomic mass is 10.1. The van der Waals surface area contributed by atoms with Gasteiger partial charge in [0, 0.05) is 19.7 Å². The number of likely N-dealkylation sites (tertiary alicyclic amines) is 1. The van der Waals surface area contributed by atoms with Gasteiger partial charge in [-0.05, 0) is 31.5 Å². The second-order valence-electron chi connectivity index (χ2n) is 5.67. The fourth-order valence-corrected chi connectivity index (χ4v) is 2.99. The van der Waals surface area contributed by atoms with Gasteiger partial charge in [-0.3, -0.25) is 9.89 Å². The summed E-state index contributed by atoms with van der Waals surface area (Å²) in [5, 5.41) is 3.25. The number of benzene rings is 1.